The van der Waals surface area contributed by atoms with Crippen molar-refractivity contribution in [2.45, 2.75) is 32.0 Å². The van der Waals surface area contributed by atoms with Gasteiger partial charge in [-0.3, -0.25) is 4.98 Å². The van der Waals surface area contributed by atoms with Crippen LogP contribution in [0.1, 0.15) is 43.2 Å². The Morgan fingerprint density at radius 1 is 1.04 bits per heavy atom. The zero-order valence-corrected chi connectivity index (χ0v) is 14.9. The van der Waals surface area contributed by atoms with Gasteiger partial charge >= 0.3 is 0 Å². The van der Waals surface area contributed by atoms with Gasteiger partial charge in [-0.05, 0) is 44.5 Å². The summed E-state index contributed by atoms with van der Waals surface area (Å²) in [5, 5.41) is 5.14. The Bertz CT molecular complexity index is 830. The Morgan fingerprint density at radius 2 is 1.80 bits per heavy atom. The van der Waals surface area contributed by atoms with Crippen LogP contribution in [0.3, 0.4) is 0 Å². The number of guanidine groups is 1. The van der Waals surface area contributed by atoms with E-state index in [1.807, 2.05) is 37.4 Å². The highest BCUT2D eigenvalue weighted by molar-refractivity contribution is 5.84. The van der Waals surface area contributed by atoms with Crippen molar-refractivity contribution in [2.75, 3.05) is 7.05 Å². The van der Waals surface area contributed by atoms with Crippen molar-refractivity contribution >= 4 is 18.1 Å². The van der Waals surface area contributed by atoms with Gasteiger partial charge in [0.05, 0.1) is 5.69 Å². The van der Waals surface area contributed by atoms with Gasteiger partial charge in [0.25, 0.3) is 0 Å². The van der Waals surface area contributed by atoms with Crippen LogP contribution in [0.4, 0.5) is 0 Å². The molecule has 5 nitrogen and oxygen atoms in total. The minimum absolute atomic E-state index is 0.123. The minimum Gasteiger partial charge on any atom is -0.350 e. The number of aliphatic imine (C=N–C) groups is 1. The summed E-state index contributed by atoms with van der Waals surface area (Å²) in [5.41, 5.74) is 2.83. The summed E-state index contributed by atoms with van der Waals surface area (Å²) >= 11 is 0. The third-order valence-corrected chi connectivity index (χ3v) is 4.27. The van der Waals surface area contributed by atoms with E-state index in [1.54, 1.807) is 11.3 Å². The first-order valence-electron chi connectivity index (χ1n) is 8.43. The van der Waals surface area contributed by atoms with Crippen molar-refractivity contribution < 1.29 is 4.84 Å². The normalized spacial score (nSPS) is 21.6. The molecule has 1 aromatic heterocycles. The van der Waals surface area contributed by atoms with Crippen molar-refractivity contribution in [3.05, 3.63) is 65.0 Å². The summed E-state index contributed by atoms with van der Waals surface area (Å²) in [6, 6.07) is 12.1. The van der Waals surface area contributed by atoms with Crippen LogP contribution in [0.15, 0.2) is 47.6 Å². The standard InChI is InChI=1S/C20H22N4O/c1-19(2,3)22-18-23-20(25-24(18)4)15-9-6-5-8-14(15)11-12-17-16(20)10-7-13-21-17/h5-13H,1-4H3,(H,22,23). The highest BCUT2D eigenvalue weighted by atomic mass is 16.7. The van der Waals surface area contributed by atoms with Gasteiger partial charge in [0, 0.05) is 29.9 Å². The molecular formula is C20H22N4O. The average molecular weight is 334 g/mol. The van der Waals surface area contributed by atoms with Crippen molar-refractivity contribution in [3.8, 4) is 0 Å². The SMILES string of the molecule is CN1OC2(N=C1NC(C)(C)C)c1ccccc1C=Cc1ncccc12. The minimum atomic E-state index is -0.938. The maximum absolute atomic E-state index is 6.37. The number of rotatable bonds is 0. The second-order valence-corrected chi connectivity index (χ2v) is 7.40. The number of hydroxylamine groups is 2. The summed E-state index contributed by atoms with van der Waals surface area (Å²) < 4.78 is 0. The van der Waals surface area contributed by atoms with E-state index < -0.39 is 5.72 Å². The van der Waals surface area contributed by atoms with Gasteiger partial charge in [0.15, 0.2) is 0 Å². The molecule has 0 fully saturated rings. The molecule has 1 unspecified atom stereocenters. The molecule has 1 aromatic carbocycles. The molecule has 1 aliphatic carbocycles. The zero-order valence-electron chi connectivity index (χ0n) is 14.9. The van der Waals surface area contributed by atoms with Gasteiger partial charge in [0.1, 0.15) is 0 Å². The van der Waals surface area contributed by atoms with E-state index in [2.05, 4.69) is 49.3 Å². The Labute approximate surface area is 148 Å². The first-order chi connectivity index (χ1) is 11.9. The van der Waals surface area contributed by atoms with Crippen LogP contribution in [-0.2, 0) is 10.6 Å². The summed E-state index contributed by atoms with van der Waals surface area (Å²) in [6.07, 6.45) is 5.89. The number of hydrogen-bond donors (Lipinski definition) is 1. The predicted octanol–water partition coefficient (Wildman–Crippen LogP) is 3.39. The van der Waals surface area contributed by atoms with Gasteiger partial charge in [-0.25, -0.2) is 14.9 Å². The fourth-order valence-corrected chi connectivity index (χ4v) is 3.24. The molecule has 25 heavy (non-hydrogen) atoms. The van der Waals surface area contributed by atoms with Crippen LogP contribution in [0.2, 0.25) is 0 Å². The van der Waals surface area contributed by atoms with E-state index in [0.29, 0.717) is 5.96 Å². The fourth-order valence-electron chi connectivity index (χ4n) is 3.24. The van der Waals surface area contributed by atoms with Crippen molar-refractivity contribution in [2.24, 2.45) is 4.99 Å². The monoisotopic (exact) mass is 334 g/mol. The second kappa shape index (κ2) is 5.43. The van der Waals surface area contributed by atoms with Gasteiger partial charge in [-0.2, -0.15) is 0 Å². The highest BCUT2D eigenvalue weighted by Gasteiger charge is 2.47. The molecule has 0 bridgehead atoms. The van der Waals surface area contributed by atoms with Gasteiger partial charge in [0.2, 0.25) is 11.7 Å². The quantitative estimate of drug-likeness (QED) is 0.802. The van der Waals surface area contributed by atoms with E-state index in [1.165, 1.54) is 0 Å². The molecule has 1 atom stereocenters. The van der Waals surface area contributed by atoms with Gasteiger partial charge in [-0.15, -0.1) is 0 Å². The van der Waals surface area contributed by atoms with Crippen molar-refractivity contribution in [1.82, 2.24) is 15.4 Å². The van der Waals surface area contributed by atoms with Crippen LogP contribution in [0.25, 0.3) is 12.2 Å². The largest absolute Gasteiger partial charge is 0.350 e. The zero-order chi connectivity index (χ0) is 17.7. The first-order valence-corrected chi connectivity index (χ1v) is 8.43. The predicted molar refractivity (Wildman–Crippen MR) is 99.6 cm³/mol. The maximum atomic E-state index is 6.37. The van der Waals surface area contributed by atoms with Crippen LogP contribution >= 0.6 is 0 Å². The molecule has 4 rings (SSSR count). The van der Waals surface area contributed by atoms with E-state index in [4.69, 9.17) is 9.83 Å². The molecule has 2 aliphatic rings. The topological polar surface area (TPSA) is 49.8 Å². The molecule has 1 N–H and O–H groups in total. The molecule has 0 amide bonds. The number of pyridine rings is 1. The average Bonchev–Trinajstić information content (AvgIpc) is 2.81. The van der Waals surface area contributed by atoms with Crippen LogP contribution in [0.5, 0.6) is 0 Å². The molecule has 0 radical (unpaired) electrons. The first kappa shape index (κ1) is 15.8. The summed E-state index contributed by atoms with van der Waals surface area (Å²) in [5.74, 6) is 0.707. The maximum Gasteiger partial charge on any atom is 0.242 e. The lowest BCUT2D eigenvalue weighted by molar-refractivity contribution is -0.153. The number of benzene rings is 1. The molecule has 0 saturated heterocycles. The summed E-state index contributed by atoms with van der Waals surface area (Å²) in [6.45, 7) is 6.31. The number of hydrogen-bond acceptors (Lipinski definition) is 5. The third-order valence-electron chi connectivity index (χ3n) is 4.27. The second-order valence-electron chi connectivity index (χ2n) is 7.40. The van der Waals surface area contributed by atoms with Gasteiger partial charge < -0.3 is 5.32 Å². The Hall–Kier alpha value is -2.66. The highest BCUT2D eigenvalue weighted by Crippen LogP contribution is 2.44. The van der Waals surface area contributed by atoms with Crippen molar-refractivity contribution in [1.29, 1.82) is 0 Å². The van der Waals surface area contributed by atoms with E-state index in [0.717, 1.165) is 22.4 Å². The molecule has 2 heterocycles. The molecular weight excluding hydrogens is 312 g/mol. The number of fused-ring (bicyclic) bond motifs is 4. The Kier molecular flexibility index (Phi) is 3.44. The summed E-state index contributed by atoms with van der Waals surface area (Å²) in [4.78, 5) is 15.9. The molecule has 5 heteroatoms. The number of aromatic nitrogens is 1. The molecule has 2 aromatic rings. The van der Waals surface area contributed by atoms with Crippen molar-refractivity contribution in [3.63, 3.8) is 0 Å². The van der Waals surface area contributed by atoms with Crippen LogP contribution < -0.4 is 5.32 Å². The molecule has 128 valence electrons. The smallest absolute Gasteiger partial charge is 0.242 e. The fraction of sp³-hybridized carbons (Fsp3) is 0.300. The number of nitrogens with zero attached hydrogens (tertiary/aromatic N) is 3. The molecule has 0 saturated carbocycles. The summed E-state index contributed by atoms with van der Waals surface area (Å²) in [7, 11) is 1.88. The number of nitrogens with one attached hydrogen (secondary N) is 1. The Morgan fingerprint density at radius 3 is 2.60 bits per heavy atom. The lowest BCUT2D eigenvalue weighted by atomic mass is 9.92. The lowest BCUT2D eigenvalue weighted by Crippen LogP contribution is -2.46. The van der Waals surface area contributed by atoms with E-state index in [9.17, 15) is 0 Å². The van der Waals surface area contributed by atoms with Gasteiger partial charge in [-0.1, -0.05) is 30.3 Å². The Balaban J connectivity index is 1.96. The molecule has 1 aliphatic heterocycles. The molecule has 1 spiro atoms. The van der Waals surface area contributed by atoms with E-state index in [-0.39, 0.29) is 5.54 Å². The van der Waals surface area contributed by atoms with Crippen LogP contribution in [-0.4, -0.2) is 28.6 Å². The third kappa shape index (κ3) is 2.61. The van der Waals surface area contributed by atoms with Crippen LogP contribution in [0, 0.1) is 0 Å². The lowest BCUT2D eigenvalue weighted by Gasteiger charge is -2.28. The van der Waals surface area contributed by atoms with E-state index >= 15 is 0 Å².